The average Bonchev–Trinajstić information content (AvgIpc) is 2.36. The SMILES string of the molecule is Cc1cccc(N)c1C(=O)NCCC(=O)NCC(C)C. The van der Waals surface area contributed by atoms with Crippen LogP contribution >= 0.6 is 0 Å². The first-order valence-electron chi connectivity index (χ1n) is 6.81. The number of carbonyl (C=O) groups excluding carboxylic acids is 2. The Hall–Kier alpha value is -2.04. The molecule has 1 aromatic carbocycles. The van der Waals surface area contributed by atoms with Crippen LogP contribution in [0.4, 0.5) is 5.69 Å². The average molecular weight is 277 g/mol. The minimum Gasteiger partial charge on any atom is -0.398 e. The van der Waals surface area contributed by atoms with Crippen molar-refractivity contribution in [1.29, 1.82) is 0 Å². The lowest BCUT2D eigenvalue weighted by molar-refractivity contribution is -0.121. The Balaban J connectivity index is 2.42. The predicted molar refractivity (Wildman–Crippen MR) is 80.4 cm³/mol. The van der Waals surface area contributed by atoms with Crippen LogP contribution in [0, 0.1) is 12.8 Å². The van der Waals surface area contributed by atoms with Gasteiger partial charge in [-0.2, -0.15) is 0 Å². The zero-order valence-corrected chi connectivity index (χ0v) is 12.3. The van der Waals surface area contributed by atoms with E-state index in [9.17, 15) is 9.59 Å². The van der Waals surface area contributed by atoms with Gasteiger partial charge in [-0.05, 0) is 24.5 Å². The van der Waals surface area contributed by atoms with Crippen LogP contribution in [0.1, 0.15) is 36.2 Å². The smallest absolute Gasteiger partial charge is 0.253 e. The van der Waals surface area contributed by atoms with E-state index in [1.54, 1.807) is 12.1 Å². The second-order valence-electron chi connectivity index (χ2n) is 5.24. The first kappa shape index (κ1) is 16.0. The number of rotatable bonds is 6. The number of nitrogens with one attached hydrogen (secondary N) is 2. The molecular formula is C15H23N3O2. The molecule has 0 atom stereocenters. The summed E-state index contributed by atoms with van der Waals surface area (Å²) in [6.07, 6.45) is 0.268. The highest BCUT2D eigenvalue weighted by atomic mass is 16.2. The highest BCUT2D eigenvalue weighted by molar-refractivity contribution is 6.00. The fraction of sp³-hybridized carbons (Fsp3) is 0.467. The minimum atomic E-state index is -0.239. The first-order chi connectivity index (χ1) is 9.41. The summed E-state index contributed by atoms with van der Waals surface area (Å²) in [4.78, 5) is 23.5. The van der Waals surface area contributed by atoms with Crippen molar-refractivity contribution in [3.63, 3.8) is 0 Å². The van der Waals surface area contributed by atoms with Crippen LogP contribution in [-0.4, -0.2) is 24.9 Å². The summed E-state index contributed by atoms with van der Waals surface area (Å²) < 4.78 is 0. The summed E-state index contributed by atoms with van der Waals surface area (Å²) in [6.45, 7) is 6.85. The number of anilines is 1. The van der Waals surface area contributed by atoms with E-state index in [-0.39, 0.29) is 18.2 Å². The van der Waals surface area contributed by atoms with Gasteiger partial charge >= 0.3 is 0 Å². The maximum atomic E-state index is 12.0. The lowest BCUT2D eigenvalue weighted by atomic mass is 10.1. The van der Waals surface area contributed by atoms with Crippen molar-refractivity contribution in [2.75, 3.05) is 18.8 Å². The Kier molecular flexibility index (Phi) is 6.03. The van der Waals surface area contributed by atoms with E-state index in [1.807, 2.05) is 26.8 Å². The Bertz CT molecular complexity index is 464. The standard InChI is InChI=1S/C15H23N3O2/c1-10(2)9-18-13(19)7-8-17-15(20)14-11(3)5-4-6-12(14)16/h4-6,10H,7-9,16H2,1-3H3,(H,17,20)(H,18,19). The van der Waals surface area contributed by atoms with E-state index in [1.165, 1.54) is 0 Å². The van der Waals surface area contributed by atoms with Gasteiger partial charge in [-0.25, -0.2) is 0 Å². The van der Waals surface area contributed by atoms with Gasteiger partial charge in [0.05, 0.1) is 5.56 Å². The molecule has 1 aromatic rings. The zero-order chi connectivity index (χ0) is 15.1. The number of hydrogen-bond donors (Lipinski definition) is 3. The van der Waals surface area contributed by atoms with Gasteiger partial charge in [-0.1, -0.05) is 26.0 Å². The molecule has 2 amide bonds. The first-order valence-corrected chi connectivity index (χ1v) is 6.81. The van der Waals surface area contributed by atoms with Gasteiger partial charge in [0.25, 0.3) is 5.91 Å². The van der Waals surface area contributed by atoms with Crippen molar-refractivity contribution < 1.29 is 9.59 Å². The lowest BCUT2D eigenvalue weighted by Gasteiger charge is -2.11. The molecule has 20 heavy (non-hydrogen) atoms. The maximum Gasteiger partial charge on any atom is 0.253 e. The number of amides is 2. The molecule has 1 rings (SSSR count). The predicted octanol–water partition coefficient (Wildman–Crippen LogP) is 1.47. The fourth-order valence-corrected chi connectivity index (χ4v) is 1.78. The van der Waals surface area contributed by atoms with E-state index in [0.717, 1.165) is 5.56 Å². The molecule has 0 aliphatic carbocycles. The Morgan fingerprint density at radius 2 is 1.95 bits per heavy atom. The third-order valence-electron chi connectivity index (χ3n) is 2.88. The van der Waals surface area contributed by atoms with Crippen molar-refractivity contribution in [2.45, 2.75) is 27.2 Å². The molecule has 5 heteroatoms. The number of nitrogens with two attached hydrogens (primary N) is 1. The summed E-state index contributed by atoms with van der Waals surface area (Å²) >= 11 is 0. The summed E-state index contributed by atoms with van der Waals surface area (Å²) in [5.74, 6) is 0.120. The molecule has 0 fully saturated rings. The van der Waals surface area contributed by atoms with Gasteiger partial charge in [0.2, 0.25) is 5.91 Å². The summed E-state index contributed by atoms with van der Waals surface area (Å²) in [6, 6.07) is 5.33. The quantitative estimate of drug-likeness (QED) is 0.688. The summed E-state index contributed by atoms with van der Waals surface area (Å²) in [5.41, 5.74) is 7.55. The number of carbonyl (C=O) groups is 2. The third-order valence-corrected chi connectivity index (χ3v) is 2.88. The van der Waals surface area contributed by atoms with Gasteiger partial charge in [-0.3, -0.25) is 9.59 Å². The summed E-state index contributed by atoms with van der Waals surface area (Å²) in [5, 5.41) is 5.52. The number of benzene rings is 1. The third kappa shape index (κ3) is 4.91. The second-order valence-corrected chi connectivity index (χ2v) is 5.24. The number of hydrogen-bond acceptors (Lipinski definition) is 3. The molecule has 0 unspecified atom stereocenters. The van der Waals surface area contributed by atoms with Crippen molar-refractivity contribution >= 4 is 17.5 Å². The highest BCUT2D eigenvalue weighted by Gasteiger charge is 2.12. The van der Waals surface area contributed by atoms with E-state index >= 15 is 0 Å². The monoisotopic (exact) mass is 277 g/mol. The molecule has 0 saturated heterocycles. The van der Waals surface area contributed by atoms with Crippen LogP contribution in [0.15, 0.2) is 18.2 Å². The number of nitrogen functional groups attached to an aromatic ring is 1. The molecule has 110 valence electrons. The van der Waals surface area contributed by atoms with Crippen LogP contribution < -0.4 is 16.4 Å². The fourth-order valence-electron chi connectivity index (χ4n) is 1.78. The van der Waals surface area contributed by atoms with Gasteiger partial charge < -0.3 is 16.4 Å². The molecule has 0 radical (unpaired) electrons. The van der Waals surface area contributed by atoms with E-state index in [2.05, 4.69) is 10.6 Å². The Morgan fingerprint density at radius 1 is 1.25 bits per heavy atom. The minimum absolute atomic E-state index is 0.0586. The second kappa shape index (κ2) is 7.53. The van der Waals surface area contributed by atoms with Crippen molar-refractivity contribution in [1.82, 2.24) is 10.6 Å². The molecule has 0 aliphatic rings. The molecule has 0 saturated carbocycles. The van der Waals surface area contributed by atoms with Crippen LogP contribution in [0.5, 0.6) is 0 Å². The normalized spacial score (nSPS) is 10.4. The molecule has 0 aromatic heterocycles. The largest absolute Gasteiger partial charge is 0.398 e. The molecular weight excluding hydrogens is 254 g/mol. The lowest BCUT2D eigenvalue weighted by Crippen LogP contribution is -2.32. The Morgan fingerprint density at radius 3 is 2.55 bits per heavy atom. The van der Waals surface area contributed by atoms with Crippen LogP contribution in [0.2, 0.25) is 0 Å². The topological polar surface area (TPSA) is 84.2 Å². The summed E-state index contributed by atoms with van der Waals surface area (Å²) in [7, 11) is 0. The van der Waals surface area contributed by atoms with Crippen molar-refractivity contribution in [3.05, 3.63) is 29.3 Å². The van der Waals surface area contributed by atoms with E-state index < -0.39 is 0 Å². The van der Waals surface area contributed by atoms with E-state index in [4.69, 9.17) is 5.73 Å². The van der Waals surface area contributed by atoms with Crippen LogP contribution in [-0.2, 0) is 4.79 Å². The van der Waals surface area contributed by atoms with Gasteiger partial charge in [0.15, 0.2) is 0 Å². The van der Waals surface area contributed by atoms with Gasteiger partial charge in [-0.15, -0.1) is 0 Å². The van der Waals surface area contributed by atoms with Crippen LogP contribution in [0.25, 0.3) is 0 Å². The van der Waals surface area contributed by atoms with E-state index in [0.29, 0.717) is 30.3 Å². The number of aryl methyl sites for hydroxylation is 1. The molecule has 0 heterocycles. The maximum absolute atomic E-state index is 12.0. The zero-order valence-electron chi connectivity index (χ0n) is 12.3. The molecule has 4 N–H and O–H groups in total. The highest BCUT2D eigenvalue weighted by Crippen LogP contribution is 2.15. The molecule has 5 nitrogen and oxygen atoms in total. The molecule has 0 aliphatic heterocycles. The van der Waals surface area contributed by atoms with Crippen molar-refractivity contribution in [2.24, 2.45) is 5.92 Å². The van der Waals surface area contributed by atoms with Gasteiger partial charge in [0, 0.05) is 25.2 Å². The molecule has 0 spiro atoms. The Labute approximate surface area is 119 Å². The van der Waals surface area contributed by atoms with Gasteiger partial charge in [0.1, 0.15) is 0 Å². The van der Waals surface area contributed by atoms with Crippen molar-refractivity contribution in [3.8, 4) is 0 Å². The van der Waals surface area contributed by atoms with Crippen LogP contribution in [0.3, 0.4) is 0 Å². The molecule has 0 bridgehead atoms.